The van der Waals surface area contributed by atoms with Gasteiger partial charge in [-0.25, -0.2) is 4.39 Å². The molecule has 1 aromatic carbocycles. The molecule has 0 N–H and O–H groups in total. The van der Waals surface area contributed by atoms with E-state index in [2.05, 4.69) is 15.2 Å². The van der Waals surface area contributed by atoms with Crippen LogP contribution in [0.4, 0.5) is 10.1 Å². The molecule has 0 aliphatic carbocycles. The lowest BCUT2D eigenvalue weighted by Crippen LogP contribution is -1.88. The minimum Gasteiger partial charge on any atom is -0.264 e. The highest BCUT2D eigenvalue weighted by Gasteiger charge is 2.02. The number of halogens is 1. The van der Waals surface area contributed by atoms with Crippen LogP contribution in [-0.2, 0) is 0 Å². The summed E-state index contributed by atoms with van der Waals surface area (Å²) in [6.45, 7) is 1.93. The summed E-state index contributed by atoms with van der Waals surface area (Å²) in [5.41, 5.74) is 1.64. The van der Waals surface area contributed by atoms with Gasteiger partial charge < -0.3 is 0 Å². The summed E-state index contributed by atoms with van der Waals surface area (Å²) >= 11 is 0. The zero-order valence-electron chi connectivity index (χ0n) is 9.42. The highest BCUT2D eigenvalue weighted by molar-refractivity contribution is 5.35. The Labute approximate surface area is 99.1 Å². The molecule has 0 aliphatic heterocycles. The maximum absolute atomic E-state index is 12.7. The highest BCUT2D eigenvalue weighted by Crippen LogP contribution is 2.19. The van der Waals surface area contributed by atoms with E-state index in [4.69, 9.17) is 0 Å². The molecular formula is C13H12FN3. The standard InChI is InChI=1S/C13H12FN3/c1-10(11-3-2-8-15-9-11)16-17-13-6-4-12(14)5-7-13/h2-10H,1H3. The molecule has 2 aromatic rings. The van der Waals surface area contributed by atoms with Crippen LogP contribution in [0.15, 0.2) is 59.0 Å². The first-order chi connectivity index (χ1) is 8.25. The normalized spacial score (nSPS) is 12.8. The number of hydrogen-bond donors (Lipinski definition) is 0. The van der Waals surface area contributed by atoms with Crippen LogP contribution < -0.4 is 0 Å². The van der Waals surface area contributed by atoms with Crippen molar-refractivity contribution in [3.63, 3.8) is 0 Å². The van der Waals surface area contributed by atoms with Crippen molar-refractivity contribution < 1.29 is 4.39 Å². The molecule has 3 nitrogen and oxygen atoms in total. The maximum atomic E-state index is 12.7. The number of rotatable bonds is 3. The highest BCUT2D eigenvalue weighted by atomic mass is 19.1. The Balaban J connectivity index is 2.08. The van der Waals surface area contributed by atoms with Crippen molar-refractivity contribution in [1.29, 1.82) is 0 Å². The molecule has 0 radical (unpaired) electrons. The summed E-state index contributed by atoms with van der Waals surface area (Å²) < 4.78 is 12.7. The summed E-state index contributed by atoms with van der Waals surface area (Å²) in [7, 11) is 0. The zero-order chi connectivity index (χ0) is 12.1. The first-order valence-corrected chi connectivity index (χ1v) is 5.32. The van der Waals surface area contributed by atoms with E-state index in [1.165, 1.54) is 12.1 Å². The monoisotopic (exact) mass is 229 g/mol. The van der Waals surface area contributed by atoms with Crippen molar-refractivity contribution in [3.05, 3.63) is 60.2 Å². The molecule has 2 rings (SSSR count). The van der Waals surface area contributed by atoms with Crippen LogP contribution >= 0.6 is 0 Å². The summed E-state index contributed by atoms with van der Waals surface area (Å²) in [6.07, 6.45) is 3.47. The van der Waals surface area contributed by atoms with Gasteiger partial charge in [-0.05, 0) is 42.8 Å². The molecule has 4 heteroatoms. The van der Waals surface area contributed by atoms with E-state index >= 15 is 0 Å². The van der Waals surface area contributed by atoms with Gasteiger partial charge >= 0.3 is 0 Å². The van der Waals surface area contributed by atoms with E-state index in [9.17, 15) is 4.39 Å². The number of benzene rings is 1. The fourth-order valence-electron chi connectivity index (χ4n) is 1.35. The van der Waals surface area contributed by atoms with Gasteiger partial charge in [0.05, 0.1) is 11.7 Å². The molecule has 17 heavy (non-hydrogen) atoms. The van der Waals surface area contributed by atoms with E-state index < -0.39 is 0 Å². The number of aromatic nitrogens is 1. The third-order valence-electron chi connectivity index (χ3n) is 2.34. The molecule has 86 valence electrons. The molecule has 0 amide bonds. The Hall–Kier alpha value is -2.10. The summed E-state index contributed by atoms with van der Waals surface area (Å²) in [5.74, 6) is -0.274. The first kappa shape index (κ1) is 11.4. The predicted octanol–water partition coefficient (Wildman–Crippen LogP) is 4.07. The fraction of sp³-hybridized carbons (Fsp3) is 0.154. The number of hydrogen-bond acceptors (Lipinski definition) is 3. The Bertz CT molecular complexity index is 494. The van der Waals surface area contributed by atoms with Gasteiger partial charge in [-0.15, -0.1) is 0 Å². The molecule has 0 fully saturated rings. The maximum Gasteiger partial charge on any atom is 0.123 e. The third kappa shape index (κ3) is 3.17. The predicted molar refractivity (Wildman–Crippen MR) is 63.6 cm³/mol. The lowest BCUT2D eigenvalue weighted by molar-refractivity contribution is 0.628. The molecule has 0 bridgehead atoms. The van der Waals surface area contributed by atoms with E-state index in [0.29, 0.717) is 5.69 Å². The SMILES string of the molecule is CC(N=Nc1ccc(F)cc1)c1cccnc1. The topological polar surface area (TPSA) is 37.6 Å². The average Bonchev–Trinajstić information content (AvgIpc) is 2.39. The van der Waals surface area contributed by atoms with Crippen molar-refractivity contribution in [2.75, 3.05) is 0 Å². The third-order valence-corrected chi connectivity index (χ3v) is 2.34. The van der Waals surface area contributed by atoms with Gasteiger partial charge in [-0.2, -0.15) is 10.2 Å². The van der Waals surface area contributed by atoms with E-state index in [0.717, 1.165) is 5.56 Å². The second-order valence-electron chi connectivity index (χ2n) is 3.65. The molecular weight excluding hydrogens is 217 g/mol. The van der Waals surface area contributed by atoms with E-state index in [1.54, 1.807) is 24.5 Å². The molecule has 1 atom stereocenters. The van der Waals surface area contributed by atoms with Gasteiger partial charge in [0.2, 0.25) is 0 Å². The van der Waals surface area contributed by atoms with Crippen molar-refractivity contribution in [3.8, 4) is 0 Å². The molecule has 0 aliphatic rings. The quantitative estimate of drug-likeness (QED) is 0.731. The Morgan fingerprint density at radius 1 is 1.18 bits per heavy atom. The van der Waals surface area contributed by atoms with Gasteiger partial charge in [0, 0.05) is 12.4 Å². The van der Waals surface area contributed by atoms with Crippen molar-refractivity contribution >= 4 is 5.69 Å². The van der Waals surface area contributed by atoms with Crippen LogP contribution in [0.3, 0.4) is 0 Å². The second-order valence-corrected chi connectivity index (χ2v) is 3.65. The Kier molecular flexibility index (Phi) is 3.55. The largest absolute Gasteiger partial charge is 0.264 e. The van der Waals surface area contributed by atoms with Crippen LogP contribution in [0.2, 0.25) is 0 Å². The number of azo groups is 1. The van der Waals surface area contributed by atoms with Gasteiger partial charge in [-0.3, -0.25) is 4.98 Å². The molecule has 0 saturated heterocycles. The van der Waals surface area contributed by atoms with Crippen LogP contribution in [0, 0.1) is 5.82 Å². The molecule has 0 saturated carbocycles. The van der Waals surface area contributed by atoms with Crippen LogP contribution in [-0.4, -0.2) is 4.98 Å². The Morgan fingerprint density at radius 3 is 2.59 bits per heavy atom. The zero-order valence-corrected chi connectivity index (χ0v) is 9.42. The lowest BCUT2D eigenvalue weighted by Gasteiger charge is -2.03. The van der Waals surface area contributed by atoms with E-state index in [-0.39, 0.29) is 11.9 Å². The van der Waals surface area contributed by atoms with Crippen molar-refractivity contribution in [2.24, 2.45) is 10.2 Å². The first-order valence-electron chi connectivity index (χ1n) is 5.32. The van der Waals surface area contributed by atoms with Crippen LogP contribution in [0.1, 0.15) is 18.5 Å². The average molecular weight is 229 g/mol. The minimum absolute atomic E-state index is 0.0613. The number of pyridine rings is 1. The van der Waals surface area contributed by atoms with Crippen LogP contribution in [0.5, 0.6) is 0 Å². The molecule has 0 spiro atoms. The van der Waals surface area contributed by atoms with Crippen molar-refractivity contribution in [2.45, 2.75) is 13.0 Å². The molecule has 1 unspecified atom stereocenters. The van der Waals surface area contributed by atoms with Crippen molar-refractivity contribution in [1.82, 2.24) is 4.98 Å². The van der Waals surface area contributed by atoms with Gasteiger partial charge in [0.15, 0.2) is 0 Å². The second kappa shape index (κ2) is 5.30. The lowest BCUT2D eigenvalue weighted by atomic mass is 10.2. The number of nitrogens with zero attached hydrogens (tertiary/aromatic N) is 3. The summed E-state index contributed by atoms with van der Waals surface area (Å²) in [5, 5.41) is 8.21. The fourth-order valence-corrected chi connectivity index (χ4v) is 1.35. The molecule has 1 heterocycles. The van der Waals surface area contributed by atoms with Gasteiger partial charge in [-0.1, -0.05) is 6.07 Å². The minimum atomic E-state index is -0.274. The van der Waals surface area contributed by atoms with Crippen LogP contribution in [0.25, 0.3) is 0 Å². The van der Waals surface area contributed by atoms with Gasteiger partial charge in [0.25, 0.3) is 0 Å². The van der Waals surface area contributed by atoms with Gasteiger partial charge in [0.1, 0.15) is 5.82 Å². The summed E-state index contributed by atoms with van der Waals surface area (Å²) in [6, 6.07) is 9.66. The smallest absolute Gasteiger partial charge is 0.123 e. The molecule has 1 aromatic heterocycles. The van der Waals surface area contributed by atoms with E-state index in [1.807, 2.05) is 19.1 Å². The summed E-state index contributed by atoms with van der Waals surface area (Å²) in [4.78, 5) is 4.02. The Morgan fingerprint density at radius 2 is 1.94 bits per heavy atom.